The Morgan fingerprint density at radius 1 is 1.20 bits per heavy atom. The lowest BCUT2D eigenvalue weighted by Gasteiger charge is -2.08. The molecule has 3 N–H and O–H groups in total. The van der Waals surface area contributed by atoms with E-state index in [0.29, 0.717) is 24.3 Å². The fraction of sp³-hybridized carbons (Fsp3) is 0.389. The summed E-state index contributed by atoms with van der Waals surface area (Å²) in [5.41, 5.74) is 2.56. The topological polar surface area (TPSA) is 96.3 Å². The van der Waals surface area contributed by atoms with Gasteiger partial charge in [0, 0.05) is 25.2 Å². The van der Waals surface area contributed by atoms with Crippen molar-refractivity contribution in [1.29, 1.82) is 0 Å². The molecule has 2 rings (SSSR count). The van der Waals surface area contributed by atoms with Crippen LogP contribution in [0.25, 0.3) is 0 Å². The minimum Gasteiger partial charge on any atom is -0.359 e. The Morgan fingerprint density at radius 3 is 2.80 bits per heavy atom. The van der Waals surface area contributed by atoms with Crippen LogP contribution in [0.2, 0.25) is 0 Å². The lowest BCUT2D eigenvalue weighted by Crippen LogP contribution is -2.28. The maximum Gasteiger partial charge on any atom is 0.319 e. The van der Waals surface area contributed by atoms with E-state index in [-0.39, 0.29) is 18.5 Å². The maximum absolute atomic E-state index is 12.0. The molecule has 0 fully saturated rings. The molecule has 7 heteroatoms. The van der Waals surface area contributed by atoms with Gasteiger partial charge in [0.15, 0.2) is 5.76 Å². The zero-order valence-electron chi connectivity index (χ0n) is 14.6. The van der Waals surface area contributed by atoms with E-state index in [1.807, 2.05) is 24.3 Å². The molecule has 2 aromatic rings. The minimum atomic E-state index is -0.322. The average molecular weight is 344 g/mol. The van der Waals surface area contributed by atoms with Gasteiger partial charge in [-0.1, -0.05) is 30.6 Å². The Bertz CT molecular complexity index is 712. The number of rotatable bonds is 8. The highest BCUT2D eigenvalue weighted by Gasteiger charge is 2.07. The third-order valence-electron chi connectivity index (χ3n) is 3.64. The normalized spacial score (nSPS) is 10.3. The molecule has 0 spiro atoms. The fourth-order valence-corrected chi connectivity index (χ4v) is 2.34. The quantitative estimate of drug-likeness (QED) is 0.686. The molecule has 0 saturated heterocycles. The number of carbonyl (C=O) groups excluding carboxylic acids is 2. The molecule has 0 unspecified atom stereocenters. The number of benzene rings is 1. The van der Waals surface area contributed by atoms with Gasteiger partial charge in [-0.3, -0.25) is 4.79 Å². The molecule has 25 heavy (non-hydrogen) atoms. The number of nitrogens with zero attached hydrogens (tertiary/aromatic N) is 1. The third-order valence-corrected chi connectivity index (χ3v) is 3.64. The van der Waals surface area contributed by atoms with Crippen LogP contribution in [0.1, 0.15) is 36.8 Å². The molecule has 134 valence electrons. The number of aromatic nitrogens is 1. The lowest BCUT2D eigenvalue weighted by atomic mass is 10.1. The van der Waals surface area contributed by atoms with E-state index in [0.717, 1.165) is 24.1 Å². The predicted octanol–water partition coefficient (Wildman–Crippen LogP) is 2.63. The molecular weight excluding hydrogens is 320 g/mol. The van der Waals surface area contributed by atoms with Gasteiger partial charge >= 0.3 is 6.03 Å². The van der Waals surface area contributed by atoms with Gasteiger partial charge in [-0.25, -0.2) is 4.79 Å². The van der Waals surface area contributed by atoms with Crippen LogP contribution < -0.4 is 16.0 Å². The predicted molar refractivity (Wildman–Crippen MR) is 95.2 cm³/mol. The number of hydrogen-bond donors (Lipinski definition) is 3. The first-order valence-corrected chi connectivity index (χ1v) is 8.39. The third kappa shape index (κ3) is 6.29. The van der Waals surface area contributed by atoms with E-state index in [4.69, 9.17) is 4.52 Å². The largest absolute Gasteiger partial charge is 0.359 e. The standard InChI is InChI=1S/C18H24N4O3/c1-3-5-15-11-16(25-22-15)12-20-18(24)21-14-7-4-6-13(10-14)8-9-17(23)19-2/h4,6-7,10-11H,3,5,8-9,12H2,1-2H3,(H,19,23)(H2,20,21,24). The van der Waals surface area contributed by atoms with Crippen molar-refractivity contribution in [1.82, 2.24) is 15.8 Å². The summed E-state index contributed by atoms with van der Waals surface area (Å²) in [6.45, 7) is 2.35. The number of hydrogen-bond acceptors (Lipinski definition) is 4. The number of anilines is 1. The van der Waals surface area contributed by atoms with Gasteiger partial charge in [0.1, 0.15) is 0 Å². The Kier molecular flexibility index (Phi) is 7.00. The molecule has 3 amide bonds. The molecule has 0 aliphatic heterocycles. The highest BCUT2D eigenvalue weighted by Crippen LogP contribution is 2.12. The molecule has 0 aliphatic carbocycles. The molecule has 0 atom stereocenters. The summed E-state index contributed by atoms with van der Waals surface area (Å²) in [6.07, 6.45) is 2.89. The Labute approximate surface area is 147 Å². The van der Waals surface area contributed by atoms with Crippen LogP contribution in [0.5, 0.6) is 0 Å². The van der Waals surface area contributed by atoms with E-state index in [2.05, 4.69) is 28.0 Å². The number of amides is 3. The van der Waals surface area contributed by atoms with Crippen molar-refractivity contribution in [2.24, 2.45) is 0 Å². The van der Waals surface area contributed by atoms with Crippen LogP contribution in [-0.2, 0) is 24.2 Å². The fourth-order valence-electron chi connectivity index (χ4n) is 2.34. The van der Waals surface area contributed by atoms with E-state index in [9.17, 15) is 9.59 Å². The van der Waals surface area contributed by atoms with Crippen molar-refractivity contribution in [2.75, 3.05) is 12.4 Å². The van der Waals surface area contributed by atoms with Gasteiger partial charge in [0.05, 0.1) is 12.2 Å². The second-order valence-electron chi connectivity index (χ2n) is 5.72. The smallest absolute Gasteiger partial charge is 0.319 e. The number of aryl methyl sites for hydroxylation is 2. The zero-order valence-corrected chi connectivity index (χ0v) is 14.6. The van der Waals surface area contributed by atoms with Gasteiger partial charge in [0.25, 0.3) is 0 Å². The van der Waals surface area contributed by atoms with Gasteiger partial charge < -0.3 is 20.5 Å². The summed E-state index contributed by atoms with van der Waals surface area (Å²) in [7, 11) is 1.62. The monoisotopic (exact) mass is 344 g/mol. The Morgan fingerprint density at radius 2 is 2.04 bits per heavy atom. The first kappa shape index (κ1) is 18.5. The number of carbonyl (C=O) groups is 2. The van der Waals surface area contributed by atoms with Crippen LogP contribution in [0.15, 0.2) is 34.9 Å². The summed E-state index contributed by atoms with van der Waals surface area (Å²) in [6, 6.07) is 8.96. The Hall–Kier alpha value is -2.83. The van der Waals surface area contributed by atoms with Gasteiger partial charge in [-0.05, 0) is 30.5 Å². The van der Waals surface area contributed by atoms with E-state index in [1.165, 1.54) is 0 Å². The van der Waals surface area contributed by atoms with Crippen LogP contribution in [0.3, 0.4) is 0 Å². The van der Waals surface area contributed by atoms with Crippen molar-refractivity contribution in [3.05, 3.63) is 47.3 Å². The van der Waals surface area contributed by atoms with Crippen molar-refractivity contribution in [3.63, 3.8) is 0 Å². The first-order chi connectivity index (χ1) is 12.1. The SMILES string of the molecule is CCCc1cc(CNC(=O)Nc2cccc(CCC(=O)NC)c2)on1. The van der Waals surface area contributed by atoms with Crippen molar-refractivity contribution in [2.45, 2.75) is 39.2 Å². The van der Waals surface area contributed by atoms with Crippen LogP contribution in [-0.4, -0.2) is 24.1 Å². The number of nitrogens with one attached hydrogen (secondary N) is 3. The van der Waals surface area contributed by atoms with E-state index >= 15 is 0 Å². The molecule has 0 bridgehead atoms. The van der Waals surface area contributed by atoms with Gasteiger partial charge in [0.2, 0.25) is 5.91 Å². The molecule has 0 radical (unpaired) electrons. The molecule has 1 heterocycles. The van der Waals surface area contributed by atoms with Crippen LogP contribution >= 0.6 is 0 Å². The first-order valence-electron chi connectivity index (χ1n) is 8.39. The van der Waals surface area contributed by atoms with Crippen molar-refractivity contribution < 1.29 is 14.1 Å². The highest BCUT2D eigenvalue weighted by atomic mass is 16.5. The summed E-state index contributed by atoms with van der Waals surface area (Å²) in [4.78, 5) is 23.3. The minimum absolute atomic E-state index is 0.00870. The molecule has 0 aliphatic rings. The van der Waals surface area contributed by atoms with E-state index < -0.39 is 0 Å². The second-order valence-corrected chi connectivity index (χ2v) is 5.72. The van der Waals surface area contributed by atoms with Gasteiger partial charge in [-0.2, -0.15) is 0 Å². The molecule has 1 aromatic heterocycles. The zero-order chi connectivity index (χ0) is 18.1. The molecule has 7 nitrogen and oxygen atoms in total. The molecular formula is C18H24N4O3. The van der Waals surface area contributed by atoms with Crippen LogP contribution in [0.4, 0.5) is 10.5 Å². The average Bonchev–Trinajstić information content (AvgIpc) is 3.06. The van der Waals surface area contributed by atoms with Crippen molar-refractivity contribution >= 4 is 17.6 Å². The summed E-state index contributed by atoms with van der Waals surface area (Å²) < 4.78 is 5.17. The number of urea groups is 1. The van der Waals surface area contributed by atoms with Gasteiger partial charge in [-0.15, -0.1) is 0 Å². The molecule has 1 aromatic carbocycles. The molecule has 0 saturated carbocycles. The maximum atomic E-state index is 12.0. The highest BCUT2D eigenvalue weighted by molar-refractivity contribution is 5.89. The van der Waals surface area contributed by atoms with Crippen molar-refractivity contribution in [3.8, 4) is 0 Å². The summed E-state index contributed by atoms with van der Waals surface area (Å²) in [5, 5.41) is 12.0. The Balaban J connectivity index is 1.82. The second kappa shape index (κ2) is 9.46. The van der Waals surface area contributed by atoms with Crippen LogP contribution in [0, 0.1) is 0 Å². The van der Waals surface area contributed by atoms with E-state index in [1.54, 1.807) is 13.1 Å². The summed E-state index contributed by atoms with van der Waals surface area (Å²) >= 11 is 0. The summed E-state index contributed by atoms with van der Waals surface area (Å²) in [5.74, 6) is 0.614. The lowest BCUT2D eigenvalue weighted by molar-refractivity contribution is -0.120.